The van der Waals surface area contributed by atoms with E-state index in [-0.39, 0.29) is 30.0 Å². The number of benzene rings is 1. The van der Waals surface area contributed by atoms with Crippen molar-refractivity contribution >= 4 is 23.8 Å². The highest BCUT2D eigenvalue weighted by Gasteiger charge is 2.31. The first-order valence-corrected chi connectivity index (χ1v) is 14.6. The first kappa shape index (κ1) is 28.1. The second kappa shape index (κ2) is 12.0. The fourth-order valence-electron chi connectivity index (χ4n) is 5.65. The molecule has 1 saturated heterocycles. The van der Waals surface area contributed by atoms with Gasteiger partial charge in [0, 0.05) is 49.9 Å². The summed E-state index contributed by atoms with van der Waals surface area (Å²) in [5.74, 6) is 2.06. The Hall–Kier alpha value is -3.40. The van der Waals surface area contributed by atoms with Gasteiger partial charge < -0.3 is 25.4 Å². The van der Waals surface area contributed by atoms with E-state index in [0.717, 1.165) is 56.3 Å². The first-order chi connectivity index (χ1) is 19.1. The highest BCUT2D eigenvalue weighted by molar-refractivity contribution is 6.06. The Bertz CT molecular complexity index is 1200. The normalized spacial score (nSPS) is 21.4. The Morgan fingerprint density at radius 2 is 1.88 bits per heavy atom. The molecule has 5 rings (SSSR count). The lowest BCUT2D eigenvalue weighted by Gasteiger charge is -2.35. The molecule has 1 aliphatic carbocycles. The van der Waals surface area contributed by atoms with Crippen LogP contribution in [0.3, 0.4) is 0 Å². The van der Waals surface area contributed by atoms with Gasteiger partial charge in [-0.2, -0.15) is 4.98 Å². The van der Waals surface area contributed by atoms with Crippen LogP contribution >= 0.6 is 0 Å². The highest BCUT2D eigenvalue weighted by Crippen LogP contribution is 2.29. The number of piperidine rings is 1. The molecule has 1 saturated carbocycles. The van der Waals surface area contributed by atoms with Gasteiger partial charge in [-0.3, -0.25) is 9.69 Å². The second-order valence-corrected chi connectivity index (χ2v) is 12.2. The summed E-state index contributed by atoms with van der Waals surface area (Å²) in [5.41, 5.74) is 7.22. The van der Waals surface area contributed by atoms with Crippen LogP contribution in [-0.4, -0.2) is 70.8 Å². The topological polar surface area (TPSA) is 123 Å². The summed E-state index contributed by atoms with van der Waals surface area (Å²) >= 11 is 0. The molecular formula is C30H42N6O4. The second-order valence-electron chi connectivity index (χ2n) is 12.2. The van der Waals surface area contributed by atoms with Gasteiger partial charge in [0.1, 0.15) is 17.2 Å². The summed E-state index contributed by atoms with van der Waals surface area (Å²) in [4.78, 5) is 39.3. The summed E-state index contributed by atoms with van der Waals surface area (Å²) < 4.78 is 11.2. The van der Waals surface area contributed by atoms with Crippen LogP contribution in [0.1, 0.15) is 75.2 Å². The Morgan fingerprint density at radius 3 is 2.60 bits per heavy atom. The van der Waals surface area contributed by atoms with Crippen LogP contribution in [0, 0.1) is 5.92 Å². The minimum Gasteiger partial charge on any atom is -0.493 e. The molecule has 10 heteroatoms. The van der Waals surface area contributed by atoms with Crippen LogP contribution in [-0.2, 0) is 11.2 Å². The number of fused-ring (bicyclic) bond motifs is 1. The number of nitrogens with zero attached hydrogens (tertiary/aromatic N) is 4. The van der Waals surface area contributed by atoms with Crippen molar-refractivity contribution in [3.63, 3.8) is 0 Å². The van der Waals surface area contributed by atoms with Gasteiger partial charge in [0.25, 0.3) is 5.91 Å². The number of likely N-dealkylation sites (tertiary alicyclic amines) is 1. The van der Waals surface area contributed by atoms with Gasteiger partial charge in [0.2, 0.25) is 5.95 Å². The van der Waals surface area contributed by atoms with E-state index in [1.54, 1.807) is 22.1 Å². The smallest absolute Gasteiger partial charge is 0.410 e. The lowest BCUT2D eigenvalue weighted by atomic mass is 9.92. The molecule has 2 amide bonds. The van der Waals surface area contributed by atoms with Crippen molar-refractivity contribution in [1.82, 2.24) is 14.9 Å². The molecule has 10 nitrogen and oxygen atoms in total. The average molecular weight is 551 g/mol. The van der Waals surface area contributed by atoms with Gasteiger partial charge in [0.05, 0.1) is 6.61 Å². The van der Waals surface area contributed by atoms with Crippen LogP contribution < -0.4 is 20.7 Å². The molecule has 1 aromatic carbocycles. The summed E-state index contributed by atoms with van der Waals surface area (Å²) in [5, 5.41) is 3.46. The molecular weight excluding hydrogens is 508 g/mol. The molecule has 3 N–H and O–H groups in total. The fraction of sp³-hybridized carbons (Fsp3) is 0.600. The van der Waals surface area contributed by atoms with Crippen LogP contribution in [0.15, 0.2) is 30.5 Å². The monoisotopic (exact) mass is 550 g/mol. The Balaban J connectivity index is 1.32. The number of hydrogen-bond acceptors (Lipinski definition) is 8. The van der Waals surface area contributed by atoms with Gasteiger partial charge in [-0.1, -0.05) is 0 Å². The van der Waals surface area contributed by atoms with E-state index in [0.29, 0.717) is 43.6 Å². The van der Waals surface area contributed by atoms with Crippen molar-refractivity contribution < 1.29 is 19.1 Å². The number of rotatable bonds is 6. The number of hydrogen-bond donors (Lipinski definition) is 2. The molecule has 2 aliphatic heterocycles. The number of carbonyl (C=O) groups is 2. The zero-order valence-electron chi connectivity index (χ0n) is 23.9. The van der Waals surface area contributed by atoms with Gasteiger partial charge in [-0.05, 0) is 95.0 Å². The third-order valence-electron chi connectivity index (χ3n) is 7.91. The molecule has 2 aromatic rings. The van der Waals surface area contributed by atoms with Gasteiger partial charge in [-0.15, -0.1) is 0 Å². The van der Waals surface area contributed by atoms with Crippen molar-refractivity contribution in [2.45, 2.75) is 83.4 Å². The van der Waals surface area contributed by atoms with Gasteiger partial charge in [0.15, 0.2) is 0 Å². The minimum atomic E-state index is -0.527. The lowest BCUT2D eigenvalue weighted by Crippen LogP contribution is -2.45. The van der Waals surface area contributed by atoms with Crippen molar-refractivity contribution in [3.8, 4) is 5.75 Å². The van der Waals surface area contributed by atoms with Gasteiger partial charge >= 0.3 is 6.09 Å². The zero-order valence-corrected chi connectivity index (χ0v) is 23.9. The molecule has 3 heterocycles. The summed E-state index contributed by atoms with van der Waals surface area (Å²) in [6.45, 7) is 7.96. The first-order valence-electron chi connectivity index (χ1n) is 14.6. The molecule has 216 valence electrons. The Kier molecular flexibility index (Phi) is 8.44. The van der Waals surface area contributed by atoms with E-state index in [1.807, 2.05) is 39.0 Å². The highest BCUT2D eigenvalue weighted by atomic mass is 16.6. The van der Waals surface area contributed by atoms with E-state index >= 15 is 0 Å². The molecule has 1 aromatic heterocycles. The standard InChI is InChI=1S/C30H42N6O4/c1-30(2,3)40-29(38)35-15-11-20(12-16-35)19-36(27(37)22-4-9-25-21(18-22)13-17-39-25)26-10-14-32-28(34-26)33-24-7-5-23(31)6-8-24/h4,9-10,14,18,20,23-24H,5-8,11-13,15-17,19,31H2,1-3H3,(H,32,33,34). The number of ether oxygens (including phenoxy) is 2. The van der Waals surface area contributed by atoms with E-state index < -0.39 is 5.60 Å². The molecule has 0 radical (unpaired) electrons. The maximum Gasteiger partial charge on any atom is 0.410 e. The van der Waals surface area contributed by atoms with Crippen LogP contribution in [0.4, 0.5) is 16.6 Å². The molecule has 40 heavy (non-hydrogen) atoms. The summed E-state index contributed by atoms with van der Waals surface area (Å²) in [7, 11) is 0. The molecule has 3 aliphatic rings. The minimum absolute atomic E-state index is 0.0995. The maximum atomic E-state index is 14.0. The number of amides is 2. The SMILES string of the molecule is CC(C)(C)OC(=O)N1CCC(CN(C(=O)c2ccc3c(c2)CCO3)c2ccnc(NC3CCC(N)CC3)n2)CC1. The average Bonchev–Trinajstić information content (AvgIpc) is 3.40. The van der Waals surface area contributed by atoms with Crippen LogP contribution in [0.25, 0.3) is 0 Å². The van der Waals surface area contributed by atoms with Crippen LogP contribution in [0.2, 0.25) is 0 Å². The number of nitrogens with two attached hydrogens (primary N) is 1. The maximum absolute atomic E-state index is 14.0. The predicted octanol–water partition coefficient (Wildman–Crippen LogP) is 4.39. The van der Waals surface area contributed by atoms with Crippen molar-refractivity contribution in [3.05, 3.63) is 41.6 Å². The third kappa shape index (κ3) is 7.02. The fourth-order valence-corrected chi connectivity index (χ4v) is 5.65. The summed E-state index contributed by atoms with van der Waals surface area (Å²) in [6, 6.07) is 7.98. The summed E-state index contributed by atoms with van der Waals surface area (Å²) in [6.07, 6.45) is 7.69. The molecule has 0 unspecified atom stereocenters. The predicted molar refractivity (Wildman–Crippen MR) is 154 cm³/mol. The van der Waals surface area contributed by atoms with Crippen molar-refractivity contribution in [1.29, 1.82) is 0 Å². The lowest BCUT2D eigenvalue weighted by molar-refractivity contribution is 0.0185. The van der Waals surface area contributed by atoms with E-state index in [9.17, 15) is 9.59 Å². The van der Waals surface area contributed by atoms with Crippen molar-refractivity contribution in [2.75, 3.05) is 36.5 Å². The number of anilines is 2. The Morgan fingerprint density at radius 1 is 1.12 bits per heavy atom. The quantitative estimate of drug-likeness (QED) is 0.543. The largest absolute Gasteiger partial charge is 0.493 e. The molecule has 0 bridgehead atoms. The number of aromatic nitrogens is 2. The molecule has 0 spiro atoms. The van der Waals surface area contributed by atoms with E-state index in [1.165, 1.54) is 0 Å². The van der Waals surface area contributed by atoms with Gasteiger partial charge in [-0.25, -0.2) is 9.78 Å². The zero-order chi connectivity index (χ0) is 28.3. The third-order valence-corrected chi connectivity index (χ3v) is 7.91. The van der Waals surface area contributed by atoms with E-state index in [2.05, 4.69) is 10.3 Å². The van der Waals surface area contributed by atoms with Crippen molar-refractivity contribution in [2.24, 2.45) is 11.7 Å². The molecule has 2 fully saturated rings. The molecule has 0 atom stereocenters. The number of nitrogens with one attached hydrogen (secondary N) is 1. The Labute approximate surface area is 236 Å². The number of carbonyl (C=O) groups excluding carboxylic acids is 2. The van der Waals surface area contributed by atoms with E-state index in [4.69, 9.17) is 20.2 Å². The van der Waals surface area contributed by atoms with Crippen LogP contribution in [0.5, 0.6) is 5.75 Å².